The van der Waals surface area contributed by atoms with E-state index in [-0.39, 0.29) is 18.3 Å². The monoisotopic (exact) mass is 547 g/mol. The number of rotatable bonds is 9. The fraction of sp³-hybridized carbons (Fsp3) is 0.129. The first-order valence-electron chi connectivity index (χ1n) is 13.2. The third-order valence-electron chi connectivity index (χ3n) is 6.71. The van der Waals surface area contributed by atoms with Gasteiger partial charge in [-0.25, -0.2) is 4.39 Å². The van der Waals surface area contributed by atoms with Crippen LogP contribution in [0.25, 0.3) is 33.5 Å². The van der Waals surface area contributed by atoms with Gasteiger partial charge in [0.15, 0.2) is 0 Å². The summed E-state index contributed by atoms with van der Waals surface area (Å²) in [5.74, 6) is -0.0980. The van der Waals surface area contributed by atoms with Crippen LogP contribution in [-0.4, -0.2) is 42.7 Å². The second kappa shape index (κ2) is 11.4. The number of nitrogens with zero attached hydrogens (tertiary/aromatic N) is 5. The van der Waals surface area contributed by atoms with E-state index in [1.165, 1.54) is 12.1 Å². The highest BCUT2D eigenvalue weighted by atomic mass is 19.1. The molecule has 0 atom stereocenters. The van der Waals surface area contributed by atoms with E-state index in [4.69, 9.17) is 4.74 Å². The van der Waals surface area contributed by atoms with E-state index in [2.05, 4.69) is 30.9 Å². The van der Waals surface area contributed by atoms with Gasteiger partial charge in [-0.05, 0) is 58.7 Å². The smallest absolute Gasteiger partial charge is 0.297 e. The summed E-state index contributed by atoms with van der Waals surface area (Å²) in [4.78, 5) is 18.0. The molecule has 2 N–H and O–H groups in total. The van der Waals surface area contributed by atoms with Crippen molar-refractivity contribution in [3.05, 3.63) is 114 Å². The number of hydrogen-bond donors (Lipinski definition) is 2. The summed E-state index contributed by atoms with van der Waals surface area (Å²) in [5, 5.41) is 17.4. The number of nitrogens with one attached hydrogen (secondary N) is 2. The molecule has 0 aliphatic carbocycles. The van der Waals surface area contributed by atoms with Crippen molar-refractivity contribution in [3.63, 3.8) is 0 Å². The topological polar surface area (TPSA) is 111 Å². The number of fused-ring (bicyclic) bond motifs is 1. The SMILES string of the molecule is CCOc1nc2cccc(C(=O)NCc3cccc(F)c3)c2n1Cc1ccc(-c2ccccc2-c2nn[nH]n2)cc1. The molecular formula is C31H26FN7O2. The number of imidazole rings is 1. The number of aromatic nitrogens is 6. The van der Waals surface area contributed by atoms with Gasteiger partial charge in [0.05, 0.1) is 29.7 Å². The third kappa shape index (κ3) is 5.40. The fourth-order valence-electron chi connectivity index (χ4n) is 4.84. The minimum absolute atomic E-state index is 0.201. The van der Waals surface area contributed by atoms with E-state index in [1.54, 1.807) is 24.3 Å². The number of benzene rings is 4. The van der Waals surface area contributed by atoms with Gasteiger partial charge in [0.2, 0.25) is 5.82 Å². The van der Waals surface area contributed by atoms with Gasteiger partial charge in [-0.3, -0.25) is 9.36 Å². The number of para-hydroxylation sites is 1. The summed E-state index contributed by atoms with van der Waals surface area (Å²) < 4.78 is 21.4. The Morgan fingerprint density at radius 3 is 2.51 bits per heavy atom. The minimum Gasteiger partial charge on any atom is -0.465 e. The Hall–Kier alpha value is -5.38. The van der Waals surface area contributed by atoms with Crippen molar-refractivity contribution in [3.8, 4) is 28.5 Å². The lowest BCUT2D eigenvalue weighted by Gasteiger charge is -2.13. The molecule has 0 bridgehead atoms. The molecule has 6 rings (SSSR count). The van der Waals surface area contributed by atoms with Crippen molar-refractivity contribution in [1.29, 1.82) is 0 Å². The van der Waals surface area contributed by atoms with E-state index >= 15 is 0 Å². The molecule has 0 radical (unpaired) electrons. The van der Waals surface area contributed by atoms with Crippen molar-refractivity contribution >= 4 is 16.9 Å². The van der Waals surface area contributed by atoms with Gasteiger partial charge in [0.25, 0.3) is 11.9 Å². The van der Waals surface area contributed by atoms with Crippen molar-refractivity contribution in [2.45, 2.75) is 20.0 Å². The first-order chi connectivity index (χ1) is 20.1. The Morgan fingerprint density at radius 1 is 0.951 bits per heavy atom. The third-order valence-corrected chi connectivity index (χ3v) is 6.71. The number of carbonyl (C=O) groups excluding carboxylic acids is 1. The molecule has 0 unspecified atom stereocenters. The van der Waals surface area contributed by atoms with Gasteiger partial charge in [-0.1, -0.05) is 66.7 Å². The van der Waals surface area contributed by atoms with Crippen LogP contribution < -0.4 is 10.1 Å². The maximum Gasteiger partial charge on any atom is 0.297 e. The molecule has 0 fully saturated rings. The highest BCUT2D eigenvalue weighted by Gasteiger charge is 2.20. The average Bonchev–Trinajstić information content (AvgIpc) is 3.65. The van der Waals surface area contributed by atoms with Crippen LogP contribution in [0.4, 0.5) is 4.39 Å². The molecule has 9 nitrogen and oxygen atoms in total. The standard InChI is InChI=1S/C31H26FN7O2/c1-2-41-31-34-27-12-6-11-26(30(40)33-18-21-7-5-8-23(32)17-21)28(27)39(31)19-20-13-15-22(16-14-20)24-9-3-4-10-25(24)29-35-37-38-36-29/h3-17H,2,18-19H2,1H3,(H,33,40)(H,35,36,37,38). The molecule has 0 saturated carbocycles. The molecule has 6 aromatic rings. The predicted molar refractivity (Wildman–Crippen MR) is 153 cm³/mol. The highest BCUT2D eigenvalue weighted by molar-refractivity contribution is 6.05. The molecule has 10 heteroatoms. The lowest BCUT2D eigenvalue weighted by molar-refractivity contribution is 0.0952. The Labute approximate surface area is 235 Å². The Kier molecular flexibility index (Phi) is 7.19. The van der Waals surface area contributed by atoms with Crippen molar-refractivity contribution < 1.29 is 13.9 Å². The Balaban J connectivity index is 1.31. The van der Waals surface area contributed by atoms with Gasteiger partial charge in [-0.2, -0.15) is 10.2 Å². The summed E-state index contributed by atoms with van der Waals surface area (Å²) in [6, 6.07) is 28.1. The molecule has 204 valence electrons. The lowest BCUT2D eigenvalue weighted by Crippen LogP contribution is -2.23. The zero-order valence-corrected chi connectivity index (χ0v) is 22.2. The molecule has 1 amide bonds. The number of aromatic amines is 1. The van der Waals surface area contributed by atoms with E-state index in [9.17, 15) is 9.18 Å². The van der Waals surface area contributed by atoms with E-state index < -0.39 is 0 Å². The van der Waals surface area contributed by atoms with Gasteiger partial charge in [0.1, 0.15) is 5.82 Å². The number of H-pyrrole nitrogens is 1. The molecule has 2 aromatic heterocycles. The van der Waals surface area contributed by atoms with Crippen molar-refractivity contribution in [2.75, 3.05) is 6.61 Å². The molecule has 0 aliphatic heterocycles. The second-order valence-corrected chi connectivity index (χ2v) is 9.38. The largest absolute Gasteiger partial charge is 0.465 e. The van der Waals surface area contributed by atoms with Crippen LogP contribution in [-0.2, 0) is 13.1 Å². The summed E-state index contributed by atoms with van der Waals surface area (Å²) in [5.41, 5.74) is 6.32. The summed E-state index contributed by atoms with van der Waals surface area (Å²) in [6.07, 6.45) is 0. The van der Waals surface area contributed by atoms with Crippen LogP contribution in [0, 0.1) is 5.82 Å². The number of amides is 1. The quantitative estimate of drug-likeness (QED) is 0.251. The zero-order valence-electron chi connectivity index (χ0n) is 22.2. The Morgan fingerprint density at radius 2 is 1.76 bits per heavy atom. The molecule has 41 heavy (non-hydrogen) atoms. The van der Waals surface area contributed by atoms with E-state index in [0.717, 1.165) is 22.3 Å². The van der Waals surface area contributed by atoms with E-state index in [1.807, 2.05) is 66.1 Å². The molecule has 2 heterocycles. The van der Waals surface area contributed by atoms with Crippen LogP contribution in [0.3, 0.4) is 0 Å². The second-order valence-electron chi connectivity index (χ2n) is 9.38. The number of halogens is 1. The van der Waals surface area contributed by atoms with Gasteiger partial charge in [-0.15, -0.1) is 10.2 Å². The average molecular weight is 548 g/mol. The van der Waals surface area contributed by atoms with Gasteiger partial charge < -0.3 is 10.1 Å². The number of carbonyl (C=O) groups is 1. The minimum atomic E-state index is -0.345. The van der Waals surface area contributed by atoms with Gasteiger partial charge in [0, 0.05) is 12.1 Å². The maximum atomic E-state index is 13.6. The Bertz CT molecular complexity index is 1810. The van der Waals surface area contributed by atoms with Crippen LogP contribution >= 0.6 is 0 Å². The summed E-state index contributed by atoms with van der Waals surface area (Å²) >= 11 is 0. The van der Waals surface area contributed by atoms with Crippen LogP contribution in [0.2, 0.25) is 0 Å². The number of tetrazole rings is 1. The first-order valence-corrected chi connectivity index (χ1v) is 13.2. The van der Waals surface area contributed by atoms with Crippen molar-refractivity contribution in [1.82, 2.24) is 35.5 Å². The molecule has 0 spiro atoms. The van der Waals surface area contributed by atoms with Crippen LogP contribution in [0.1, 0.15) is 28.4 Å². The molecule has 0 aliphatic rings. The van der Waals surface area contributed by atoms with Crippen molar-refractivity contribution in [2.24, 2.45) is 0 Å². The van der Waals surface area contributed by atoms with Crippen LogP contribution in [0.5, 0.6) is 6.01 Å². The molecule has 4 aromatic carbocycles. The summed E-state index contributed by atoms with van der Waals surface area (Å²) in [7, 11) is 0. The first kappa shape index (κ1) is 25.9. The number of hydrogen-bond acceptors (Lipinski definition) is 6. The fourth-order valence-corrected chi connectivity index (χ4v) is 4.84. The molecule has 0 saturated heterocycles. The lowest BCUT2D eigenvalue weighted by atomic mass is 9.98. The van der Waals surface area contributed by atoms with Gasteiger partial charge >= 0.3 is 0 Å². The normalized spacial score (nSPS) is 11.1. The maximum absolute atomic E-state index is 13.6. The zero-order chi connectivity index (χ0) is 28.2. The summed E-state index contributed by atoms with van der Waals surface area (Å²) in [6.45, 7) is 2.96. The number of ether oxygens (including phenoxy) is 1. The highest BCUT2D eigenvalue weighted by Crippen LogP contribution is 2.31. The predicted octanol–water partition coefficient (Wildman–Crippen LogP) is 5.40. The van der Waals surface area contributed by atoms with Crippen LogP contribution in [0.15, 0.2) is 91.0 Å². The molecular weight excluding hydrogens is 521 g/mol. The van der Waals surface area contributed by atoms with E-state index in [0.29, 0.717) is 47.1 Å².